The van der Waals surface area contributed by atoms with Crippen molar-refractivity contribution in [2.24, 2.45) is 0 Å². The van der Waals surface area contributed by atoms with E-state index in [1.807, 2.05) is 24.3 Å². The van der Waals surface area contributed by atoms with Gasteiger partial charge in [-0.25, -0.2) is 0 Å². The van der Waals surface area contributed by atoms with Crippen LogP contribution >= 0.6 is 0 Å². The van der Waals surface area contributed by atoms with Crippen LogP contribution in [0.4, 0.5) is 0 Å². The van der Waals surface area contributed by atoms with E-state index in [4.69, 9.17) is 0 Å². The van der Waals surface area contributed by atoms with Crippen molar-refractivity contribution < 1.29 is 0 Å². The van der Waals surface area contributed by atoms with E-state index in [1.54, 1.807) is 0 Å². The second-order valence-corrected chi connectivity index (χ2v) is 4.25. The molecular weight excluding hydrogens is 216 g/mol. The molecule has 94 valence electrons. The van der Waals surface area contributed by atoms with Gasteiger partial charge in [-0.1, -0.05) is 61.7 Å². The summed E-state index contributed by atoms with van der Waals surface area (Å²) in [6.45, 7) is 11.6. The molecule has 0 atom stereocenters. The predicted octanol–water partition coefficient (Wildman–Crippen LogP) is 5.56. The lowest BCUT2D eigenvalue weighted by Gasteiger charge is -2.09. The van der Waals surface area contributed by atoms with Crippen LogP contribution in [0.15, 0.2) is 73.9 Å². The fourth-order valence-corrected chi connectivity index (χ4v) is 2.00. The van der Waals surface area contributed by atoms with Crippen LogP contribution < -0.4 is 0 Å². The summed E-state index contributed by atoms with van der Waals surface area (Å²) in [7, 11) is 0. The molecule has 0 heteroatoms. The van der Waals surface area contributed by atoms with Gasteiger partial charge in [-0.05, 0) is 42.4 Å². The minimum absolute atomic E-state index is 1.05. The highest BCUT2D eigenvalue weighted by Crippen LogP contribution is 2.24. The van der Waals surface area contributed by atoms with E-state index in [1.165, 1.54) is 23.1 Å². The van der Waals surface area contributed by atoms with Crippen LogP contribution in [0.3, 0.4) is 0 Å². The van der Waals surface area contributed by atoms with Gasteiger partial charge < -0.3 is 0 Å². The second-order valence-electron chi connectivity index (χ2n) is 4.25. The average molecular weight is 238 g/mol. The zero-order valence-corrected chi connectivity index (χ0v) is 11.1. The van der Waals surface area contributed by atoms with E-state index in [0.29, 0.717) is 0 Å². The highest BCUT2D eigenvalue weighted by molar-refractivity contribution is 5.77. The molecule has 0 nitrogen and oxygen atoms in total. The van der Waals surface area contributed by atoms with Gasteiger partial charge in [0.05, 0.1) is 0 Å². The summed E-state index contributed by atoms with van der Waals surface area (Å²) in [5.74, 6) is 0. The summed E-state index contributed by atoms with van der Waals surface area (Å²) in [5, 5.41) is 0. The molecule has 0 N–H and O–H groups in total. The van der Waals surface area contributed by atoms with Crippen molar-refractivity contribution in [2.45, 2.75) is 25.7 Å². The van der Waals surface area contributed by atoms with E-state index in [2.05, 4.69) is 44.0 Å². The van der Waals surface area contributed by atoms with Gasteiger partial charge in [0.2, 0.25) is 0 Å². The Bertz CT molecular complexity index is 421. The molecule has 0 bridgehead atoms. The Morgan fingerprint density at radius 3 is 2.22 bits per heavy atom. The molecule has 0 unspecified atom stereocenters. The first-order chi connectivity index (χ1) is 8.83. The van der Waals surface area contributed by atoms with Crippen molar-refractivity contribution in [3.05, 3.63) is 79.4 Å². The molecule has 1 aromatic carbocycles. The van der Waals surface area contributed by atoms with Crippen LogP contribution in [0.1, 0.15) is 31.2 Å². The van der Waals surface area contributed by atoms with Crippen molar-refractivity contribution in [3.8, 4) is 0 Å². The molecule has 0 aromatic heterocycles. The number of allylic oxidation sites excluding steroid dienone is 5. The van der Waals surface area contributed by atoms with Crippen molar-refractivity contribution in [2.75, 3.05) is 0 Å². The van der Waals surface area contributed by atoms with Gasteiger partial charge in [0.15, 0.2) is 0 Å². The lowest BCUT2D eigenvalue weighted by Crippen LogP contribution is -1.88. The highest BCUT2D eigenvalue weighted by Gasteiger charge is 2.03. The Balaban J connectivity index is 2.85. The maximum absolute atomic E-state index is 3.93. The fourth-order valence-electron chi connectivity index (χ4n) is 2.00. The van der Waals surface area contributed by atoms with Crippen LogP contribution in [0.2, 0.25) is 0 Å². The number of rotatable bonds is 8. The van der Waals surface area contributed by atoms with Gasteiger partial charge in [-0.15, -0.1) is 6.58 Å². The molecule has 1 rings (SSSR count). The monoisotopic (exact) mass is 238 g/mol. The Labute approximate surface area is 111 Å². The predicted molar refractivity (Wildman–Crippen MR) is 82.4 cm³/mol. The maximum atomic E-state index is 3.93. The smallest absolute Gasteiger partial charge is 0.0158 e. The molecule has 0 saturated heterocycles. The van der Waals surface area contributed by atoms with Crippen LogP contribution in [0, 0.1) is 0 Å². The van der Waals surface area contributed by atoms with E-state index in [-0.39, 0.29) is 0 Å². The molecule has 0 aliphatic rings. The van der Waals surface area contributed by atoms with E-state index >= 15 is 0 Å². The third-order valence-corrected chi connectivity index (χ3v) is 2.99. The number of hydrogen-bond acceptors (Lipinski definition) is 0. The Morgan fingerprint density at radius 1 is 0.944 bits per heavy atom. The summed E-state index contributed by atoms with van der Waals surface area (Å²) in [6, 6.07) is 10.4. The zero-order chi connectivity index (χ0) is 13.2. The topological polar surface area (TPSA) is 0 Å². The van der Waals surface area contributed by atoms with Crippen LogP contribution in [0.5, 0.6) is 0 Å². The van der Waals surface area contributed by atoms with Gasteiger partial charge in [0.1, 0.15) is 0 Å². The Morgan fingerprint density at radius 2 is 1.67 bits per heavy atom. The van der Waals surface area contributed by atoms with E-state index < -0.39 is 0 Å². The molecule has 18 heavy (non-hydrogen) atoms. The standard InChI is InChI=1S/C18H22/c1-4-7-8-10-13-16(5-2)18(6-3)17-14-11-9-12-15-17/h4-6,9,11-12,14-15H,1-3,7-8,10,13H2. The largest absolute Gasteiger partial charge is 0.103 e. The molecule has 0 radical (unpaired) electrons. The minimum atomic E-state index is 1.05. The minimum Gasteiger partial charge on any atom is -0.103 e. The molecular formula is C18H22. The van der Waals surface area contributed by atoms with Crippen LogP contribution in [-0.2, 0) is 0 Å². The summed E-state index contributed by atoms with van der Waals surface area (Å²) in [6.07, 6.45) is 10.3. The van der Waals surface area contributed by atoms with E-state index in [0.717, 1.165) is 19.3 Å². The lowest BCUT2D eigenvalue weighted by atomic mass is 9.96. The molecule has 0 spiro atoms. The van der Waals surface area contributed by atoms with Gasteiger partial charge in [0, 0.05) is 0 Å². The van der Waals surface area contributed by atoms with Gasteiger partial charge in [-0.3, -0.25) is 0 Å². The Kier molecular flexibility index (Phi) is 6.56. The molecule has 1 aromatic rings. The van der Waals surface area contributed by atoms with Crippen LogP contribution in [0.25, 0.3) is 5.57 Å². The molecule has 0 fully saturated rings. The number of benzene rings is 1. The maximum Gasteiger partial charge on any atom is -0.0158 e. The summed E-state index contributed by atoms with van der Waals surface area (Å²) >= 11 is 0. The van der Waals surface area contributed by atoms with Crippen molar-refractivity contribution >= 4 is 5.57 Å². The summed E-state index contributed by atoms with van der Waals surface area (Å²) in [5.41, 5.74) is 3.69. The SMILES string of the molecule is C=CCCCCC(C=C)=C(C=C)c1ccccc1. The van der Waals surface area contributed by atoms with Gasteiger partial charge in [-0.2, -0.15) is 0 Å². The number of unbranched alkanes of at least 4 members (excludes halogenated alkanes) is 2. The van der Waals surface area contributed by atoms with Gasteiger partial charge in [0.25, 0.3) is 0 Å². The van der Waals surface area contributed by atoms with Crippen molar-refractivity contribution in [1.82, 2.24) is 0 Å². The van der Waals surface area contributed by atoms with Crippen molar-refractivity contribution in [3.63, 3.8) is 0 Å². The lowest BCUT2D eigenvalue weighted by molar-refractivity contribution is 0.751. The van der Waals surface area contributed by atoms with Crippen LogP contribution in [-0.4, -0.2) is 0 Å². The average Bonchev–Trinajstić information content (AvgIpc) is 2.43. The number of hydrogen-bond donors (Lipinski definition) is 0. The third kappa shape index (κ3) is 4.21. The molecule has 0 saturated carbocycles. The highest BCUT2D eigenvalue weighted by atomic mass is 14.1. The van der Waals surface area contributed by atoms with E-state index in [9.17, 15) is 0 Å². The molecule has 0 aliphatic heterocycles. The first-order valence-corrected chi connectivity index (χ1v) is 6.47. The Hall–Kier alpha value is -1.82. The first kappa shape index (κ1) is 14.2. The molecule has 0 aliphatic carbocycles. The summed E-state index contributed by atoms with van der Waals surface area (Å²) < 4.78 is 0. The molecule has 0 heterocycles. The summed E-state index contributed by atoms with van der Waals surface area (Å²) in [4.78, 5) is 0. The third-order valence-electron chi connectivity index (χ3n) is 2.99. The zero-order valence-electron chi connectivity index (χ0n) is 11.1. The molecule has 0 amide bonds. The van der Waals surface area contributed by atoms with Gasteiger partial charge >= 0.3 is 0 Å². The second kappa shape index (κ2) is 8.30. The first-order valence-electron chi connectivity index (χ1n) is 6.47. The quantitative estimate of drug-likeness (QED) is 0.316. The normalized spacial score (nSPS) is 11.6. The van der Waals surface area contributed by atoms with Crippen molar-refractivity contribution in [1.29, 1.82) is 0 Å². The fraction of sp³-hybridized carbons (Fsp3) is 0.222.